The van der Waals surface area contributed by atoms with E-state index in [1.54, 1.807) is 0 Å². The molecule has 0 heterocycles. The maximum Gasteiger partial charge on any atom is 0.224 e. The summed E-state index contributed by atoms with van der Waals surface area (Å²) in [5.74, 6) is 0.0963. The Labute approximate surface area is 110 Å². The zero-order valence-electron chi connectivity index (χ0n) is 11.5. The van der Waals surface area contributed by atoms with E-state index in [1.165, 1.54) is 11.1 Å². The third kappa shape index (κ3) is 4.15. The molecule has 3 heteroatoms. The first-order chi connectivity index (χ1) is 8.72. The van der Waals surface area contributed by atoms with Gasteiger partial charge in [0.1, 0.15) is 0 Å². The SMILES string of the molecule is CCc1cccc(CC)c1NC(=O)CCCCN. The normalized spacial score (nSPS) is 10.4. The van der Waals surface area contributed by atoms with Crippen molar-refractivity contribution < 1.29 is 4.79 Å². The number of anilines is 1. The Kier molecular flexibility index (Phi) is 6.44. The monoisotopic (exact) mass is 248 g/mol. The van der Waals surface area contributed by atoms with Crippen LogP contribution in [0.1, 0.15) is 44.2 Å². The first kappa shape index (κ1) is 14.7. The van der Waals surface area contributed by atoms with Gasteiger partial charge in [-0.3, -0.25) is 4.79 Å². The predicted octanol–water partition coefficient (Wildman–Crippen LogP) is 2.88. The van der Waals surface area contributed by atoms with Gasteiger partial charge < -0.3 is 11.1 Å². The molecule has 0 atom stereocenters. The molecule has 0 radical (unpaired) electrons. The van der Waals surface area contributed by atoms with Gasteiger partial charge in [0, 0.05) is 12.1 Å². The molecule has 0 aliphatic carbocycles. The maximum atomic E-state index is 11.9. The topological polar surface area (TPSA) is 55.1 Å². The quantitative estimate of drug-likeness (QED) is 0.729. The lowest BCUT2D eigenvalue weighted by molar-refractivity contribution is -0.116. The van der Waals surface area contributed by atoms with Gasteiger partial charge >= 0.3 is 0 Å². The summed E-state index contributed by atoms with van der Waals surface area (Å²) in [7, 11) is 0. The van der Waals surface area contributed by atoms with Crippen LogP contribution in [0, 0.1) is 0 Å². The van der Waals surface area contributed by atoms with Crippen molar-refractivity contribution in [3.8, 4) is 0 Å². The van der Waals surface area contributed by atoms with E-state index in [1.807, 2.05) is 0 Å². The van der Waals surface area contributed by atoms with Crippen LogP contribution in [0.4, 0.5) is 5.69 Å². The second-order valence-corrected chi connectivity index (χ2v) is 4.45. The lowest BCUT2D eigenvalue weighted by Crippen LogP contribution is -2.14. The van der Waals surface area contributed by atoms with Crippen LogP contribution >= 0.6 is 0 Å². The number of unbranched alkanes of at least 4 members (excludes halogenated alkanes) is 1. The van der Waals surface area contributed by atoms with E-state index in [-0.39, 0.29) is 5.91 Å². The molecule has 0 saturated heterocycles. The van der Waals surface area contributed by atoms with E-state index in [2.05, 4.69) is 37.4 Å². The van der Waals surface area contributed by atoms with Crippen molar-refractivity contribution in [3.05, 3.63) is 29.3 Å². The Morgan fingerprint density at radius 1 is 1.17 bits per heavy atom. The summed E-state index contributed by atoms with van der Waals surface area (Å²) >= 11 is 0. The average molecular weight is 248 g/mol. The molecule has 0 spiro atoms. The predicted molar refractivity (Wildman–Crippen MR) is 76.7 cm³/mol. The van der Waals surface area contributed by atoms with E-state index in [0.717, 1.165) is 31.4 Å². The van der Waals surface area contributed by atoms with Crippen LogP contribution in [0.25, 0.3) is 0 Å². The van der Waals surface area contributed by atoms with Gasteiger partial charge in [-0.15, -0.1) is 0 Å². The summed E-state index contributed by atoms with van der Waals surface area (Å²) < 4.78 is 0. The highest BCUT2D eigenvalue weighted by atomic mass is 16.1. The summed E-state index contributed by atoms with van der Waals surface area (Å²) in [4.78, 5) is 11.9. The minimum atomic E-state index is 0.0963. The van der Waals surface area contributed by atoms with Crippen LogP contribution in [0.3, 0.4) is 0 Å². The number of nitrogens with two attached hydrogens (primary N) is 1. The van der Waals surface area contributed by atoms with Gasteiger partial charge in [0.05, 0.1) is 0 Å². The Bertz CT molecular complexity index is 366. The Balaban J connectivity index is 2.72. The highest BCUT2D eigenvalue weighted by Gasteiger charge is 2.09. The number of carbonyl (C=O) groups excluding carboxylic acids is 1. The molecular formula is C15H24N2O. The lowest BCUT2D eigenvalue weighted by Gasteiger charge is -2.14. The van der Waals surface area contributed by atoms with Crippen LogP contribution in [0.2, 0.25) is 0 Å². The molecule has 0 bridgehead atoms. The van der Waals surface area contributed by atoms with Crippen LogP contribution in [0.5, 0.6) is 0 Å². The van der Waals surface area contributed by atoms with Crippen molar-refractivity contribution in [1.29, 1.82) is 0 Å². The van der Waals surface area contributed by atoms with E-state index < -0.39 is 0 Å². The first-order valence-corrected chi connectivity index (χ1v) is 6.83. The number of hydrogen-bond acceptors (Lipinski definition) is 2. The zero-order valence-corrected chi connectivity index (χ0v) is 11.5. The molecule has 0 saturated carbocycles. The number of rotatable bonds is 7. The molecule has 0 aliphatic heterocycles. The average Bonchev–Trinajstić information content (AvgIpc) is 2.39. The van der Waals surface area contributed by atoms with Gasteiger partial charge in [-0.2, -0.15) is 0 Å². The van der Waals surface area contributed by atoms with Crippen LogP contribution in [-0.4, -0.2) is 12.5 Å². The van der Waals surface area contributed by atoms with Gasteiger partial charge in [-0.05, 0) is 43.4 Å². The summed E-state index contributed by atoms with van der Waals surface area (Å²) in [5.41, 5.74) is 8.86. The van der Waals surface area contributed by atoms with E-state index in [0.29, 0.717) is 13.0 Å². The number of amides is 1. The summed E-state index contributed by atoms with van der Waals surface area (Å²) in [6, 6.07) is 6.21. The second kappa shape index (κ2) is 7.88. The van der Waals surface area contributed by atoms with E-state index in [4.69, 9.17) is 5.73 Å². The highest BCUT2D eigenvalue weighted by Crippen LogP contribution is 2.22. The van der Waals surface area contributed by atoms with Gasteiger partial charge in [0.25, 0.3) is 0 Å². The first-order valence-electron chi connectivity index (χ1n) is 6.83. The Morgan fingerprint density at radius 2 is 1.78 bits per heavy atom. The van der Waals surface area contributed by atoms with Crippen molar-refractivity contribution in [2.45, 2.75) is 46.0 Å². The van der Waals surface area contributed by atoms with Crippen LogP contribution in [0.15, 0.2) is 18.2 Å². The van der Waals surface area contributed by atoms with Crippen molar-refractivity contribution in [1.82, 2.24) is 0 Å². The van der Waals surface area contributed by atoms with Gasteiger partial charge in [-0.25, -0.2) is 0 Å². The van der Waals surface area contributed by atoms with Crippen molar-refractivity contribution in [3.63, 3.8) is 0 Å². The summed E-state index contributed by atoms with van der Waals surface area (Å²) in [6.45, 7) is 4.87. The molecule has 0 aromatic heterocycles. The Morgan fingerprint density at radius 3 is 2.28 bits per heavy atom. The third-order valence-electron chi connectivity index (χ3n) is 3.12. The molecule has 1 rings (SSSR count). The largest absolute Gasteiger partial charge is 0.330 e. The van der Waals surface area contributed by atoms with Gasteiger partial charge in [0.2, 0.25) is 5.91 Å². The van der Waals surface area contributed by atoms with Crippen LogP contribution < -0.4 is 11.1 Å². The molecule has 100 valence electrons. The van der Waals surface area contributed by atoms with Gasteiger partial charge in [0.15, 0.2) is 0 Å². The minimum absolute atomic E-state index is 0.0963. The maximum absolute atomic E-state index is 11.9. The van der Waals surface area contributed by atoms with Crippen molar-refractivity contribution >= 4 is 11.6 Å². The molecule has 0 fully saturated rings. The standard InChI is InChI=1S/C15H24N2O/c1-3-12-8-7-9-13(4-2)15(12)17-14(18)10-5-6-11-16/h7-9H,3-6,10-11,16H2,1-2H3,(H,17,18). The molecule has 1 aromatic carbocycles. The fraction of sp³-hybridized carbons (Fsp3) is 0.533. The van der Waals surface area contributed by atoms with E-state index >= 15 is 0 Å². The smallest absolute Gasteiger partial charge is 0.224 e. The van der Waals surface area contributed by atoms with Crippen LogP contribution in [-0.2, 0) is 17.6 Å². The zero-order chi connectivity index (χ0) is 13.4. The minimum Gasteiger partial charge on any atom is -0.330 e. The van der Waals surface area contributed by atoms with E-state index in [9.17, 15) is 4.79 Å². The van der Waals surface area contributed by atoms with Crippen molar-refractivity contribution in [2.24, 2.45) is 5.73 Å². The molecule has 1 amide bonds. The third-order valence-corrected chi connectivity index (χ3v) is 3.12. The van der Waals surface area contributed by atoms with Gasteiger partial charge in [-0.1, -0.05) is 32.0 Å². The molecule has 18 heavy (non-hydrogen) atoms. The fourth-order valence-corrected chi connectivity index (χ4v) is 2.03. The number of hydrogen-bond donors (Lipinski definition) is 2. The Hall–Kier alpha value is -1.35. The second-order valence-electron chi connectivity index (χ2n) is 4.45. The fourth-order valence-electron chi connectivity index (χ4n) is 2.03. The number of benzene rings is 1. The number of carbonyl (C=O) groups is 1. The number of aryl methyl sites for hydroxylation is 2. The highest BCUT2D eigenvalue weighted by molar-refractivity contribution is 5.92. The number of nitrogens with one attached hydrogen (secondary N) is 1. The summed E-state index contributed by atoms with van der Waals surface area (Å²) in [5, 5.41) is 3.06. The molecular weight excluding hydrogens is 224 g/mol. The number of para-hydroxylation sites is 1. The molecule has 0 aliphatic rings. The van der Waals surface area contributed by atoms with Crippen molar-refractivity contribution in [2.75, 3.05) is 11.9 Å². The molecule has 1 aromatic rings. The lowest BCUT2D eigenvalue weighted by atomic mass is 10.0. The molecule has 0 unspecified atom stereocenters. The molecule has 3 N–H and O–H groups in total. The molecule has 3 nitrogen and oxygen atoms in total. The summed E-state index contributed by atoms with van der Waals surface area (Å²) in [6.07, 6.45) is 4.19.